The molecule has 1 saturated heterocycles. The summed E-state index contributed by atoms with van der Waals surface area (Å²) in [5.74, 6) is -1.71. The molecule has 2 atom stereocenters. The number of benzene rings is 2. The molecule has 3 rings (SSSR count). The number of carbonyl (C=O) groups excluding carboxylic acids is 2. The maximum atomic E-state index is 14.4. The van der Waals surface area contributed by atoms with Gasteiger partial charge in [-0.2, -0.15) is 0 Å². The van der Waals surface area contributed by atoms with E-state index in [0.29, 0.717) is 11.3 Å². The highest BCUT2D eigenvalue weighted by Gasteiger charge is 2.41. The Hall–Kier alpha value is -2.82. The van der Waals surface area contributed by atoms with Gasteiger partial charge in [0.25, 0.3) is 5.91 Å². The third-order valence-electron chi connectivity index (χ3n) is 5.07. The van der Waals surface area contributed by atoms with Gasteiger partial charge in [-0.1, -0.05) is 30.3 Å². The number of nitrogens with one attached hydrogen (secondary N) is 1. The molecule has 1 N–H and O–H groups in total. The number of rotatable bonds is 6. The Morgan fingerprint density at radius 3 is 2.61 bits per heavy atom. The summed E-state index contributed by atoms with van der Waals surface area (Å²) in [6.45, 7) is -0.305. The fourth-order valence-corrected chi connectivity index (χ4v) is 4.17. The predicted molar refractivity (Wildman–Crippen MR) is 113 cm³/mol. The van der Waals surface area contributed by atoms with Crippen molar-refractivity contribution in [2.45, 2.75) is 17.9 Å². The van der Waals surface area contributed by atoms with E-state index in [1.54, 1.807) is 30.3 Å². The molecule has 8 nitrogen and oxygen atoms in total. The van der Waals surface area contributed by atoms with Crippen LogP contribution in [-0.4, -0.2) is 63.3 Å². The van der Waals surface area contributed by atoms with Crippen molar-refractivity contribution in [2.24, 2.45) is 0 Å². The summed E-state index contributed by atoms with van der Waals surface area (Å²) in [6.07, 6.45) is -1.14. The monoisotopic (exact) mass is 449 g/mol. The zero-order chi connectivity index (χ0) is 22.8. The summed E-state index contributed by atoms with van der Waals surface area (Å²) in [5.41, 5.74) is 1.03. The maximum Gasteiger partial charge on any atom is 0.256 e. The number of morpholine rings is 1. The minimum absolute atomic E-state index is 0.170. The fraction of sp³-hybridized carbons (Fsp3) is 0.333. The van der Waals surface area contributed by atoms with Crippen LogP contribution < -0.4 is 5.32 Å². The van der Waals surface area contributed by atoms with Gasteiger partial charge in [-0.15, -0.1) is 0 Å². The van der Waals surface area contributed by atoms with E-state index in [9.17, 15) is 22.4 Å². The molecule has 0 radical (unpaired) electrons. The van der Waals surface area contributed by atoms with Crippen LogP contribution in [0.15, 0.2) is 48.5 Å². The van der Waals surface area contributed by atoms with Crippen LogP contribution in [0.4, 0.5) is 10.1 Å². The van der Waals surface area contributed by atoms with Crippen molar-refractivity contribution in [2.75, 3.05) is 33.1 Å². The highest BCUT2D eigenvalue weighted by Crippen LogP contribution is 2.31. The number of sulfonamides is 1. The number of likely N-dealkylation sites (N-methyl/N-ethyl adjacent to an activating group) is 1. The normalized spacial score (nSPS) is 19.5. The average molecular weight is 450 g/mol. The van der Waals surface area contributed by atoms with Gasteiger partial charge in [0, 0.05) is 32.4 Å². The van der Waals surface area contributed by atoms with Crippen molar-refractivity contribution < 1.29 is 27.1 Å². The van der Waals surface area contributed by atoms with Gasteiger partial charge in [-0.25, -0.2) is 17.1 Å². The van der Waals surface area contributed by atoms with Crippen molar-refractivity contribution in [1.82, 2.24) is 9.21 Å². The molecule has 2 amide bonds. The Morgan fingerprint density at radius 1 is 1.23 bits per heavy atom. The Kier molecular flexibility index (Phi) is 6.73. The fourth-order valence-electron chi connectivity index (χ4n) is 3.31. The van der Waals surface area contributed by atoms with Crippen LogP contribution in [-0.2, 0) is 30.1 Å². The maximum absolute atomic E-state index is 14.4. The Labute approximate surface area is 180 Å². The SMILES string of the molecule is CN1C(=O)CO[C@@H](C(=O)Nc2cccc(CS(=O)(=O)N(C)C)c2)[C@H]1c1ccccc1F. The van der Waals surface area contributed by atoms with Gasteiger partial charge in [0.15, 0.2) is 6.10 Å². The van der Waals surface area contributed by atoms with Crippen LogP contribution in [0.3, 0.4) is 0 Å². The van der Waals surface area contributed by atoms with E-state index in [2.05, 4.69) is 5.32 Å². The molecule has 1 fully saturated rings. The van der Waals surface area contributed by atoms with Crippen molar-refractivity contribution in [1.29, 1.82) is 0 Å². The Balaban J connectivity index is 1.84. The van der Waals surface area contributed by atoms with Gasteiger partial charge in [0.2, 0.25) is 15.9 Å². The molecule has 0 saturated carbocycles. The third kappa shape index (κ3) is 5.09. The van der Waals surface area contributed by atoms with Crippen molar-refractivity contribution >= 4 is 27.5 Å². The summed E-state index contributed by atoms with van der Waals surface area (Å²) in [5, 5.41) is 2.69. The Morgan fingerprint density at radius 2 is 1.94 bits per heavy atom. The lowest BCUT2D eigenvalue weighted by Crippen LogP contribution is -2.51. The third-order valence-corrected chi connectivity index (χ3v) is 6.88. The number of anilines is 1. The number of amides is 2. The second-order valence-corrected chi connectivity index (χ2v) is 9.61. The molecule has 1 aliphatic heterocycles. The van der Waals surface area contributed by atoms with Crippen LogP contribution >= 0.6 is 0 Å². The van der Waals surface area contributed by atoms with E-state index in [1.165, 1.54) is 44.2 Å². The molecule has 10 heteroatoms. The molecule has 0 bridgehead atoms. The topological polar surface area (TPSA) is 96.0 Å². The second kappa shape index (κ2) is 9.13. The zero-order valence-electron chi connectivity index (χ0n) is 17.4. The summed E-state index contributed by atoms with van der Waals surface area (Å²) in [4.78, 5) is 26.4. The number of hydrogen-bond acceptors (Lipinski definition) is 5. The molecule has 2 aromatic rings. The van der Waals surface area contributed by atoms with Crippen LogP contribution in [0.2, 0.25) is 0 Å². The lowest BCUT2D eigenvalue weighted by molar-refractivity contribution is -0.160. The van der Waals surface area contributed by atoms with E-state index in [0.717, 1.165) is 4.31 Å². The molecule has 1 aliphatic rings. The van der Waals surface area contributed by atoms with Gasteiger partial charge in [-0.3, -0.25) is 9.59 Å². The average Bonchev–Trinajstić information content (AvgIpc) is 2.70. The van der Waals surface area contributed by atoms with Crippen LogP contribution in [0.1, 0.15) is 17.2 Å². The van der Waals surface area contributed by atoms with Crippen molar-refractivity contribution in [3.05, 3.63) is 65.5 Å². The van der Waals surface area contributed by atoms with Gasteiger partial charge in [0.1, 0.15) is 12.4 Å². The minimum Gasteiger partial charge on any atom is -0.356 e. The standard InChI is InChI=1S/C21H24FN3O5S/c1-24(2)31(28,29)13-14-7-6-8-15(11-14)23-21(27)20-19(25(3)18(26)12-30-20)16-9-4-5-10-17(16)22/h4-11,19-20H,12-13H2,1-3H3,(H,23,27)/t19-,20-/m1/s1. The first-order chi connectivity index (χ1) is 14.6. The number of ether oxygens (including phenoxy) is 1. The van der Waals surface area contributed by atoms with E-state index >= 15 is 0 Å². The van der Waals surface area contributed by atoms with Crippen molar-refractivity contribution in [3.8, 4) is 0 Å². The molecular formula is C21H24FN3O5S. The predicted octanol–water partition coefficient (Wildman–Crippen LogP) is 1.75. The van der Waals surface area contributed by atoms with Gasteiger partial charge in [0.05, 0.1) is 11.8 Å². The lowest BCUT2D eigenvalue weighted by Gasteiger charge is -2.38. The highest BCUT2D eigenvalue weighted by atomic mass is 32.2. The van der Waals surface area contributed by atoms with Crippen LogP contribution in [0.25, 0.3) is 0 Å². The molecule has 0 spiro atoms. The molecule has 31 heavy (non-hydrogen) atoms. The first-order valence-corrected chi connectivity index (χ1v) is 11.1. The minimum atomic E-state index is -3.47. The Bertz CT molecular complexity index is 1090. The zero-order valence-corrected chi connectivity index (χ0v) is 18.2. The smallest absolute Gasteiger partial charge is 0.256 e. The van der Waals surface area contributed by atoms with Crippen LogP contribution in [0, 0.1) is 5.82 Å². The quantitative estimate of drug-likeness (QED) is 0.725. The van der Waals surface area contributed by atoms with Gasteiger partial charge < -0.3 is 15.0 Å². The number of carbonyl (C=O) groups is 2. The number of halogens is 1. The molecule has 0 aromatic heterocycles. The first kappa shape index (κ1) is 22.9. The molecule has 2 aromatic carbocycles. The largest absolute Gasteiger partial charge is 0.356 e. The lowest BCUT2D eigenvalue weighted by atomic mass is 9.97. The van der Waals surface area contributed by atoms with Gasteiger partial charge >= 0.3 is 0 Å². The molecular weight excluding hydrogens is 425 g/mol. The van der Waals surface area contributed by atoms with E-state index in [1.807, 2.05) is 0 Å². The number of nitrogens with zero attached hydrogens (tertiary/aromatic N) is 2. The summed E-state index contributed by atoms with van der Waals surface area (Å²) in [7, 11) is 0.918. The van der Waals surface area contributed by atoms with Crippen LogP contribution in [0.5, 0.6) is 0 Å². The van der Waals surface area contributed by atoms with Crippen molar-refractivity contribution in [3.63, 3.8) is 0 Å². The van der Waals surface area contributed by atoms with E-state index in [-0.39, 0.29) is 23.8 Å². The highest BCUT2D eigenvalue weighted by molar-refractivity contribution is 7.88. The second-order valence-electron chi connectivity index (χ2n) is 7.43. The molecule has 0 unspecified atom stereocenters. The van der Waals surface area contributed by atoms with E-state index < -0.39 is 33.9 Å². The molecule has 0 aliphatic carbocycles. The van der Waals surface area contributed by atoms with Gasteiger partial charge in [-0.05, 0) is 23.8 Å². The molecule has 166 valence electrons. The summed E-state index contributed by atoms with van der Waals surface area (Å²) in [6, 6.07) is 11.4. The number of hydrogen-bond donors (Lipinski definition) is 1. The summed E-state index contributed by atoms with van der Waals surface area (Å²) < 4.78 is 45.3. The first-order valence-electron chi connectivity index (χ1n) is 9.52. The van der Waals surface area contributed by atoms with E-state index in [4.69, 9.17) is 4.74 Å². The summed E-state index contributed by atoms with van der Waals surface area (Å²) >= 11 is 0. The molecule has 1 heterocycles.